The molecule has 3 aromatic rings. The summed E-state index contributed by atoms with van der Waals surface area (Å²) in [4.78, 5) is 32.5. The predicted octanol–water partition coefficient (Wildman–Crippen LogP) is 4.92. The maximum atomic E-state index is 12.8. The second-order valence-corrected chi connectivity index (χ2v) is 8.95. The lowest BCUT2D eigenvalue weighted by atomic mass is 9.97. The highest BCUT2D eigenvalue weighted by Gasteiger charge is 2.29. The maximum Gasteiger partial charge on any atom is 0.263 e. The number of thiophene rings is 1. The highest BCUT2D eigenvalue weighted by atomic mass is 32.1. The van der Waals surface area contributed by atoms with Gasteiger partial charge in [0.15, 0.2) is 5.13 Å². The number of piperidine rings is 1. The molecule has 0 aliphatic carbocycles. The standard InChI is InChI=1S/C22H23N3O2S2/c1-2-15-7-9-16(10-8-15)18-14-29-22(23-18)24-20(26)17-5-3-11-25(13-17)21(27)19-6-4-12-28-19/h4,6-10,12,14,17H,2-3,5,11,13H2,1H3,(H,23,24,26). The molecule has 2 aromatic heterocycles. The quantitative estimate of drug-likeness (QED) is 0.631. The number of anilines is 1. The highest BCUT2D eigenvalue weighted by Crippen LogP contribution is 2.27. The van der Waals surface area contributed by atoms with Gasteiger partial charge in [0.05, 0.1) is 16.5 Å². The molecule has 2 amide bonds. The SMILES string of the molecule is CCc1ccc(-c2csc(NC(=O)C3CCCN(C(=O)c4cccs4)C3)n2)cc1. The van der Waals surface area contributed by atoms with E-state index >= 15 is 0 Å². The van der Waals surface area contributed by atoms with Gasteiger partial charge in [-0.25, -0.2) is 4.98 Å². The Labute approximate surface area is 178 Å². The van der Waals surface area contributed by atoms with E-state index < -0.39 is 0 Å². The second-order valence-electron chi connectivity index (χ2n) is 7.15. The molecule has 1 fully saturated rings. The molecule has 0 radical (unpaired) electrons. The summed E-state index contributed by atoms with van der Waals surface area (Å²) in [7, 11) is 0. The van der Waals surface area contributed by atoms with Crippen LogP contribution in [0.25, 0.3) is 11.3 Å². The number of nitrogens with zero attached hydrogens (tertiary/aromatic N) is 2. The largest absolute Gasteiger partial charge is 0.337 e. The first-order valence-electron chi connectivity index (χ1n) is 9.82. The van der Waals surface area contributed by atoms with Gasteiger partial charge in [0.2, 0.25) is 5.91 Å². The number of amides is 2. The number of carbonyl (C=O) groups excluding carboxylic acids is 2. The monoisotopic (exact) mass is 425 g/mol. The normalized spacial score (nSPS) is 16.6. The number of hydrogen-bond donors (Lipinski definition) is 1. The fourth-order valence-corrected chi connectivity index (χ4v) is 4.93. The van der Waals surface area contributed by atoms with Crippen LogP contribution in [0.2, 0.25) is 0 Å². The molecule has 0 bridgehead atoms. The van der Waals surface area contributed by atoms with Gasteiger partial charge in [-0.05, 0) is 36.3 Å². The zero-order valence-corrected chi connectivity index (χ0v) is 17.9. The van der Waals surface area contributed by atoms with Crippen LogP contribution in [-0.2, 0) is 11.2 Å². The fourth-order valence-electron chi connectivity index (χ4n) is 3.51. The number of benzene rings is 1. The van der Waals surface area contributed by atoms with Crippen LogP contribution in [0.15, 0.2) is 47.2 Å². The van der Waals surface area contributed by atoms with E-state index in [1.54, 1.807) is 4.90 Å². The van der Waals surface area contributed by atoms with Gasteiger partial charge in [0.25, 0.3) is 5.91 Å². The minimum Gasteiger partial charge on any atom is -0.337 e. The van der Waals surface area contributed by atoms with E-state index in [2.05, 4.69) is 41.5 Å². The lowest BCUT2D eigenvalue weighted by Crippen LogP contribution is -2.43. The minimum absolute atomic E-state index is 0.0181. The van der Waals surface area contributed by atoms with Crippen molar-refractivity contribution in [3.63, 3.8) is 0 Å². The molecule has 150 valence electrons. The van der Waals surface area contributed by atoms with Crippen molar-refractivity contribution in [3.05, 3.63) is 57.6 Å². The summed E-state index contributed by atoms with van der Waals surface area (Å²) >= 11 is 2.87. The molecular formula is C22H23N3O2S2. The lowest BCUT2D eigenvalue weighted by molar-refractivity contribution is -0.121. The van der Waals surface area contributed by atoms with E-state index in [4.69, 9.17) is 0 Å². The molecule has 1 aliphatic heterocycles. The number of hydrogen-bond acceptors (Lipinski definition) is 5. The summed E-state index contributed by atoms with van der Waals surface area (Å²) in [5, 5.41) is 7.42. The number of aryl methyl sites for hydroxylation is 1. The Bertz CT molecular complexity index is 980. The molecule has 1 saturated heterocycles. The van der Waals surface area contributed by atoms with Crippen molar-refractivity contribution in [2.45, 2.75) is 26.2 Å². The van der Waals surface area contributed by atoms with E-state index in [0.717, 1.165) is 35.4 Å². The summed E-state index contributed by atoms with van der Waals surface area (Å²) in [6.07, 6.45) is 2.63. The average Bonchev–Trinajstić information content (AvgIpc) is 3.46. The Morgan fingerprint density at radius 2 is 2.03 bits per heavy atom. The van der Waals surface area contributed by atoms with Crippen molar-refractivity contribution >= 4 is 39.6 Å². The first kappa shape index (κ1) is 19.8. The van der Waals surface area contributed by atoms with Gasteiger partial charge in [-0.2, -0.15) is 0 Å². The molecule has 1 atom stereocenters. The summed E-state index contributed by atoms with van der Waals surface area (Å²) in [5.74, 6) is -0.246. The molecule has 29 heavy (non-hydrogen) atoms. The molecule has 4 rings (SSSR count). The van der Waals surface area contributed by atoms with Crippen molar-refractivity contribution in [1.29, 1.82) is 0 Å². The molecule has 1 aliphatic rings. The van der Waals surface area contributed by atoms with Crippen LogP contribution in [0.5, 0.6) is 0 Å². The third-order valence-corrected chi connectivity index (χ3v) is 6.82. The predicted molar refractivity (Wildman–Crippen MR) is 119 cm³/mol. The van der Waals surface area contributed by atoms with E-state index in [1.165, 1.54) is 28.2 Å². The maximum absolute atomic E-state index is 12.8. The summed E-state index contributed by atoms with van der Waals surface area (Å²) < 4.78 is 0. The van der Waals surface area contributed by atoms with Gasteiger partial charge >= 0.3 is 0 Å². The molecule has 7 heteroatoms. The van der Waals surface area contributed by atoms with Gasteiger partial charge in [0.1, 0.15) is 0 Å². The Morgan fingerprint density at radius 3 is 2.76 bits per heavy atom. The van der Waals surface area contributed by atoms with Gasteiger partial charge in [0, 0.05) is 24.0 Å². The Balaban J connectivity index is 1.38. The molecule has 0 spiro atoms. The third kappa shape index (κ3) is 4.57. The molecule has 1 N–H and O–H groups in total. The first-order chi connectivity index (χ1) is 14.1. The van der Waals surface area contributed by atoms with Crippen LogP contribution < -0.4 is 5.32 Å². The average molecular weight is 426 g/mol. The van der Waals surface area contributed by atoms with Crippen LogP contribution >= 0.6 is 22.7 Å². The van der Waals surface area contributed by atoms with Crippen LogP contribution in [0.4, 0.5) is 5.13 Å². The van der Waals surface area contributed by atoms with Gasteiger partial charge in [-0.1, -0.05) is 37.3 Å². The zero-order chi connectivity index (χ0) is 20.2. The number of nitrogens with one attached hydrogen (secondary N) is 1. The second kappa shape index (κ2) is 8.88. The Kier molecular flexibility index (Phi) is 6.06. The smallest absolute Gasteiger partial charge is 0.263 e. The van der Waals surface area contributed by atoms with E-state index in [1.807, 2.05) is 22.9 Å². The number of likely N-dealkylation sites (tertiary alicyclic amines) is 1. The van der Waals surface area contributed by atoms with Gasteiger partial charge < -0.3 is 10.2 Å². The topological polar surface area (TPSA) is 62.3 Å². The third-order valence-electron chi connectivity index (χ3n) is 5.20. The molecule has 1 unspecified atom stereocenters. The van der Waals surface area contributed by atoms with Crippen molar-refractivity contribution in [2.24, 2.45) is 5.92 Å². The van der Waals surface area contributed by atoms with Crippen LogP contribution in [0.1, 0.15) is 35.0 Å². The highest BCUT2D eigenvalue weighted by molar-refractivity contribution is 7.14. The van der Waals surface area contributed by atoms with Crippen molar-refractivity contribution in [2.75, 3.05) is 18.4 Å². The number of carbonyl (C=O) groups is 2. The van der Waals surface area contributed by atoms with E-state index in [-0.39, 0.29) is 17.7 Å². The van der Waals surface area contributed by atoms with E-state index in [0.29, 0.717) is 18.2 Å². The summed E-state index contributed by atoms with van der Waals surface area (Å²) in [5.41, 5.74) is 3.20. The number of rotatable bonds is 5. The van der Waals surface area contributed by atoms with Crippen LogP contribution in [-0.4, -0.2) is 34.8 Å². The van der Waals surface area contributed by atoms with Crippen LogP contribution in [0.3, 0.4) is 0 Å². The Hall–Kier alpha value is -2.51. The lowest BCUT2D eigenvalue weighted by Gasteiger charge is -2.31. The first-order valence-corrected chi connectivity index (χ1v) is 11.6. The summed E-state index contributed by atoms with van der Waals surface area (Å²) in [6, 6.07) is 12.0. The molecule has 0 saturated carbocycles. The number of thiazole rings is 1. The van der Waals surface area contributed by atoms with Crippen molar-refractivity contribution in [1.82, 2.24) is 9.88 Å². The molecule has 3 heterocycles. The summed E-state index contributed by atoms with van der Waals surface area (Å²) in [6.45, 7) is 3.29. The number of aromatic nitrogens is 1. The van der Waals surface area contributed by atoms with Gasteiger partial charge in [-0.3, -0.25) is 9.59 Å². The minimum atomic E-state index is -0.205. The van der Waals surface area contributed by atoms with Crippen molar-refractivity contribution in [3.8, 4) is 11.3 Å². The molecule has 5 nitrogen and oxygen atoms in total. The Morgan fingerprint density at radius 1 is 1.21 bits per heavy atom. The van der Waals surface area contributed by atoms with Crippen LogP contribution in [0, 0.1) is 5.92 Å². The van der Waals surface area contributed by atoms with Crippen molar-refractivity contribution < 1.29 is 9.59 Å². The van der Waals surface area contributed by atoms with Gasteiger partial charge in [-0.15, -0.1) is 22.7 Å². The fraction of sp³-hybridized carbons (Fsp3) is 0.318. The molecule has 1 aromatic carbocycles. The van der Waals surface area contributed by atoms with E-state index in [9.17, 15) is 9.59 Å². The molecular weight excluding hydrogens is 402 g/mol. The zero-order valence-electron chi connectivity index (χ0n) is 16.3.